The second-order valence-corrected chi connectivity index (χ2v) is 6.37. The molecule has 0 bridgehead atoms. The van der Waals surface area contributed by atoms with Crippen LogP contribution in [0.15, 0.2) is 6.20 Å². The van der Waals surface area contributed by atoms with Gasteiger partial charge in [-0.05, 0) is 12.8 Å². The first-order chi connectivity index (χ1) is 10.2. The Morgan fingerprint density at radius 2 is 2.19 bits per heavy atom. The predicted octanol–water partition coefficient (Wildman–Crippen LogP) is 2.21. The van der Waals surface area contributed by atoms with Gasteiger partial charge in [-0.3, -0.25) is 0 Å². The SMILES string of the molecule is CC(C)c1ncc(N2CCOC3CCCCC32)c(CN)n1. The number of nitrogens with zero attached hydrogens (tertiary/aromatic N) is 3. The van der Waals surface area contributed by atoms with Crippen molar-refractivity contribution < 1.29 is 4.74 Å². The van der Waals surface area contributed by atoms with Crippen LogP contribution in [0.4, 0.5) is 5.69 Å². The van der Waals surface area contributed by atoms with Gasteiger partial charge in [0.05, 0.1) is 36.3 Å². The van der Waals surface area contributed by atoms with E-state index in [1.807, 2.05) is 6.20 Å². The summed E-state index contributed by atoms with van der Waals surface area (Å²) in [6.07, 6.45) is 7.26. The van der Waals surface area contributed by atoms with E-state index in [0.29, 0.717) is 24.6 Å². The summed E-state index contributed by atoms with van der Waals surface area (Å²) in [4.78, 5) is 11.7. The first-order valence-corrected chi connectivity index (χ1v) is 8.15. The van der Waals surface area contributed by atoms with E-state index < -0.39 is 0 Å². The van der Waals surface area contributed by atoms with E-state index in [-0.39, 0.29) is 0 Å². The van der Waals surface area contributed by atoms with Crippen LogP contribution in [0.3, 0.4) is 0 Å². The number of aromatic nitrogens is 2. The smallest absolute Gasteiger partial charge is 0.131 e. The molecule has 1 aromatic rings. The van der Waals surface area contributed by atoms with Gasteiger partial charge in [0.15, 0.2) is 0 Å². The molecule has 2 aliphatic rings. The Balaban J connectivity index is 1.91. The van der Waals surface area contributed by atoms with Crippen LogP contribution < -0.4 is 10.6 Å². The van der Waals surface area contributed by atoms with E-state index in [4.69, 9.17) is 10.5 Å². The zero-order valence-electron chi connectivity index (χ0n) is 13.1. The lowest BCUT2D eigenvalue weighted by Crippen LogP contribution is -2.53. The van der Waals surface area contributed by atoms with Crippen molar-refractivity contribution in [2.75, 3.05) is 18.1 Å². The van der Waals surface area contributed by atoms with Gasteiger partial charge in [-0.25, -0.2) is 9.97 Å². The fourth-order valence-corrected chi connectivity index (χ4v) is 3.49. The summed E-state index contributed by atoms with van der Waals surface area (Å²) in [6.45, 7) is 6.39. The molecule has 0 spiro atoms. The van der Waals surface area contributed by atoms with Crippen LogP contribution in [0, 0.1) is 0 Å². The summed E-state index contributed by atoms with van der Waals surface area (Å²) in [5.74, 6) is 1.21. The highest BCUT2D eigenvalue weighted by Crippen LogP contribution is 2.33. The van der Waals surface area contributed by atoms with E-state index >= 15 is 0 Å². The minimum atomic E-state index is 0.330. The van der Waals surface area contributed by atoms with E-state index in [1.165, 1.54) is 25.7 Å². The number of morpholine rings is 1. The Morgan fingerprint density at radius 3 is 2.95 bits per heavy atom. The highest BCUT2D eigenvalue weighted by atomic mass is 16.5. The minimum Gasteiger partial charge on any atom is -0.374 e. The van der Waals surface area contributed by atoms with Crippen LogP contribution in [-0.2, 0) is 11.3 Å². The number of anilines is 1. The molecule has 2 unspecified atom stereocenters. The molecule has 1 saturated heterocycles. The van der Waals surface area contributed by atoms with Gasteiger partial charge >= 0.3 is 0 Å². The molecule has 3 rings (SSSR count). The lowest BCUT2D eigenvalue weighted by molar-refractivity contribution is -0.00879. The fourth-order valence-electron chi connectivity index (χ4n) is 3.49. The van der Waals surface area contributed by atoms with E-state index in [1.54, 1.807) is 0 Å². The predicted molar refractivity (Wildman–Crippen MR) is 83.4 cm³/mol. The lowest BCUT2D eigenvalue weighted by atomic mass is 9.89. The van der Waals surface area contributed by atoms with Crippen LogP contribution in [0.2, 0.25) is 0 Å². The van der Waals surface area contributed by atoms with Crippen LogP contribution in [-0.4, -0.2) is 35.3 Å². The molecule has 1 aliphatic heterocycles. The summed E-state index contributed by atoms with van der Waals surface area (Å²) in [5, 5.41) is 0. The van der Waals surface area contributed by atoms with Crippen molar-refractivity contribution in [1.29, 1.82) is 0 Å². The quantitative estimate of drug-likeness (QED) is 0.924. The van der Waals surface area contributed by atoms with Crippen LogP contribution >= 0.6 is 0 Å². The third-order valence-corrected chi connectivity index (χ3v) is 4.62. The van der Waals surface area contributed by atoms with E-state index in [0.717, 1.165) is 30.4 Å². The van der Waals surface area contributed by atoms with Gasteiger partial charge in [-0.15, -0.1) is 0 Å². The molecule has 0 amide bonds. The third kappa shape index (κ3) is 2.90. The molecule has 2 fully saturated rings. The Hall–Kier alpha value is -1.20. The summed E-state index contributed by atoms with van der Waals surface area (Å²) in [6, 6.07) is 0.464. The number of rotatable bonds is 3. The topological polar surface area (TPSA) is 64.3 Å². The monoisotopic (exact) mass is 290 g/mol. The number of fused-ring (bicyclic) bond motifs is 1. The molecule has 0 aromatic carbocycles. The van der Waals surface area contributed by atoms with E-state index in [2.05, 4.69) is 28.7 Å². The van der Waals surface area contributed by atoms with Crippen molar-refractivity contribution in [3.8, 4) is 0 Å². The molecular formula is C16H26N4O. The number of hydrogen-bond acceptors (Lipinski definition) is 5. The molecule has 1 aromatic heterocycles. The molecular weight excluding hydrogens is 264 g/mol. The summed E-state index contributed by atoms with van der Waals surface area (Å²) in [7, 11) is 0. The largest absolute Gasteiger partial charge is 0.374 e. The van der Waals surface area contributed by atoms with Gasteiger partial charge < -0.3 is 15.4 Å². The van der Waals surface area contributed by atoms with Gasteiger partial charge in [0.25, 0.3) is 0 Å². The Kier molecular flexibility index (Phi) is 4.40. The fraction of sp³-hybridized carbons (Fsp3) is 0.750. The number of hydrogen-bond donors (Lipinski definition) is 1. The lowest BCUT2D eigenvalue weighted by Gasteiger charge is -2.45. The zero-order valence-corrected chi connectivity index (χ0v) is 13.1. The molecule has 2 heterocycles. The van der Waals surface area contributed by atoms with Gasteiger partial charge in [0, 0.05) is 19.0 Å². The average Bonchev–Trinajstić information content (AvgIpc) is 2.53. The van der Waals surface area contributed by atoms with Crippen molar-refractivity contribution >= 4 is 5.69 Å². The Bertz CT molecular complexity index is 489. The maximum Gasteiger partial charge on any atom is 0.131 e. The van der Waals surface area contributed by atoms with Crippen LogP contribution in [0.5, 0.6) is 0 Å². The highest BCUT2D eigenvalue weighted by molar-refractivity contribution is 5.51. The maximum absolute atomic E-state index is 5.96. The van der Waals surface area contributed by atoms with Crippen molar-refractivity contribution in [3.63, 3.8) is 0 Å². The molecule has 21 heavy (non-hydrogen) atoms. The number of nitrogens with two attached hydrogens (primary N) is 1. The average molecular weight is 290 g/mol. The zero-order chi connectivity index (χ0) is 14.8. The summed E-state index contributed by atoms with van der Waals surface area (Å²) >= 11 is 0. The van der Waals surface area contributed by atoms with Crippen molar-refractivity contribution in [2.45, 2.75) is 64.1 Å². The summed E-state index contributed by atoms with van der Waals surface area (Å²) in [5.41, 5.74) is 8.03. The molecule has 5 heteroatoms. The third-order valence-electron chi connectivity index (χ3n) is 4.62. The molecule has 1 saturated carbocycles. The van der Waals surface area contributed by atoms with Crippen molar-refractivity contribution in [1.82, 2.24) is 9.97 Å². The molecule has 0 radical (unpaired) electrons. The van der Waals surface area contributed by atoms with Crippen LogP contribution in [0.25, 0.3) is 0 Å². The first-order valence-electron chi connectivity index (χ1n) is 8.15. The molecule has 116 valence electrons. The van der Waals surface area contributed by atoms with Gasteiger partial charge in [-0.1, -0.05) is 26.7 Å². The van der Waals surface area contributed by atoms with Crippen molar-refractivity contribution in [2.24, 2.45) is 5.73 Å². The molecule has 2 N–H and O–H groups in total. The maximum atomic E-state index is 5.96. The molecule has 2 atom stereocenters. The molecule has 5 nitrogen and oxygen atoms in total. The summed E-state index contributed by atoms with van der Waals surface area (Å²) < 4.78 is 5.96. The van der Waals surface area contributed by atoms with Crippen molar-refractivity contribution in [3.05, 3.63) is 17.7 Å². The highest BCUT2D eigenvalue weighted by Gasteiger charge is 2.35. The minimum absolute atomic E-state index is 0.330. The van der Waals surface area contributed by atoms with Gasteiger partial charge in [-0.2, -0.15) is 0 Å². The van der Waals surface area contributed by atoms with E-state index in [9.17, 15) is 0 Å². The number of ether oxygens (including phenoxy) is 1. The van der Waals surface area contributed by atoms with Gasteiger partial charge in [0.1, 0.15) is 5.82 Å². The Labute approximate surface area is 126 Å². The second kappa shape index (κ2) is 6.28. The normalized spacial score (nSPS) is 26.0. The Morgan fingerprint density at radius 1 is 1.38 bits per heavy atom. The standard InChI is InChI=1S/C16H26N4O/c1-11(2)16-18-10-14(12(9-17)19-16)20-7-8-21-15-6-4-3-5-13(15)20/h10-11,13,15H,3-9,17H2,1-2H3. The van der Waals surface area contributed by atoms with Gasteiger partial charge in [0.2, 0.25) is 0 Å². The second-order valence-electron chi connectivity index (χ2n) is 6.37. The first kappa shape index (κ1) is 14.7. The van der Waals surface area contributed by atoms with Crippen LogP contribution in [0.1, 0.15) is 57.0 Å². The molecule has 1 aliphatic carbocycles.